The standard InChI is InChI=1S/C11H15NO/c1-3-4-11(12-13)10-7-5-9(2)6-8-10/h5-8,13H,3-4H2,1-2H3/b12-11+. The molecule has 0 saturated carbocycles. The number of benzene rings is 1. The number of rotatable bonds is 3. The Labute approximate surface area is 78.9 Å². The van der Waals surface area contributed by atoms with E-state index in [2.05, 4.69) is 12.1 Å². The Morgan fingerprint density at radius 2 is 1.92 bits per heavy atom. The lowest BCUT2D eigenvalue weighted by atomic mass is 10.0. The van der Waals surface area contributed by atoms with Gasteiger partial charge in [-0.1, -0.05) is 48.3 Å². The highest BCUT2D eigenvalue weighted by molar-refractivity contribution is 6.00. The van der Waals surface area contributed by atoms with E-state index < -0.39 is 0 Å². The van der Waals surface area contributed by atoms with Crippen molar-refractivity contribution in [1.82, 2.24) is 0 Å². The van der Waals surface area contributed by atoms with Gasteiger partial charge in [-0.05, 0) is 18.9 Å². The minimum Gasteiger partial charge on any atom is -0.411 e. The van der Waals surface area contributed by atoms with Crippen LogP contribution in [-0.2, 0) is 0 Å². The molecule has 0 spiro atoms. The van der Waals surface area contributed by atoms with Crippen LogP contribution in [0.1, 0.15) is 30.9 Å². The van der Waals surface area contributed by atoms with Crippen molar-refractivity contribution in [3.05, 3.63) is 35.4 Å². The summed E-state index contributed by atoms with van der Waals surface area (Å²) in [6.45, 7) is 4.11. The van der Waals surface area contributed by atoms with Crippen LogP contribution < -0.4 is 0 Å². The van der Waals surface area contributed by atoms with Crippen LogP contribution in [0.3, 0.4) is 0 Å². The number of oxime groups is 1. The van der Waals surface area contributed by atoms with Crippen LogP contribution in [0.5, 0.6) is 0 Å². The van der Waals surface area contributed by atoms with E-state index in [1.54, 1.807) is 0 Å². The fourth-order valence-electron chi connectivity index (χ4n) is 1.23. The molecule has 1 aromatic rings. The Kier molecular flexibility index (Phi) is 3.50. The molecule has 0 aliphatic carbocycles. The third-order valence-corrected chi connectivity index (χ3v) is 1.99. The molecule has 0 heterocycles. The summed E-state index contributed by atoms with van der Waals surface area (Å²) in [6, 6.07) is 8.02. The SMILES string of the molecule is CCC/C(=N\O)c1ccc(C)cc1. The van der Waals surface area contributed by atoms with E-state index in [-0.39, 0.29) is 0 Å². The van der Waals surface area contributed by atoms with Gasteiger partial charge in [0.1, 0.15) is 0 Å². The van der Waals surface area contributed by atoms with E-state index in [4.69, 9.17) is 5.21 Å². The maximum atomic E-state index is 8.77. The van der Waals surface area contributed by atoms with Gasteiger partial charge in [0.15, 0.2) is 0 Å². The Hall–Kier alpha value is -1.31. The predicted molar refractivity (Wildman–Crippen MR) is 54.4 cm³/mol. The summed E-state index contributed by atoms with van der Waals surface area (Å²) >= 11 is 0. The van der Waals surface area contributed by atoms with Crippen LogP contribution in [0.15, 0.2) is 29.4 Å². The van der Waals surface area contributed by atoms with Gasteiger partial charge < -0.3 is 5.21 Å². The van der Waals surface area contributed by atoms with Gasteiger partial charge in [0.25, 0.3) is 0 Å². The molecule has 0 fully saturated rings. The lowest BCUT2D eigenvalue weighted by molar-refractivity contribution is 0.318. The van der Waals surface area contributed by atoms with Crippen LogP contribution in [0.2, 0.25) is 0 Å². The molecule has 0 aliphatic heterocycles. The number of hydrogen-bond donors (Lipinski definition) is 1. The lowest BCUT2D eigenvalue weighted by Crippen LogP contribution is -1.99. The minimum absolute atomic E-state index is 0.766. The van der Waals surface area contributed by atoms with Crippen molar-refractivity contribution >= 4 is 5.71 Å². The maximum Gasteiger partial charge on any atom is 0.0867 e. The summed E-state index contributed by atoms with van der Waals surface area (Å²) in [5.41, 5.74) is 3.00. The largest absolute Gasteiger partial charge is 0.411 e. The van der Waals surface area contributed by atoms with Crippen molar-refractivity contribution in [2.45, 2.75) is 26.7 Å². The third-order valence-electron chi connectivity index (χ3n) is 1.99. The molecule has 0 saturated heterocycles. The molecule has 0 atom stereocenters. The van der Waals surface area contributed by atoms with Gasteiger partial charge >= 0.3 is 0 Å². The Morgan fingerprint density at radius 3 is 2.38 bits per heavy atom. The number of nitrogens with zero attached hydrogens (tertiary/aromatic N) is 1. The molecule has 1 N–H and O–H groups in total. The van der Waals surface area contributed by atoms with Crippen molar-refractivity contribution in [1.29, 1.82) is 0 Å². The first-order valence-corrected chi connectivity index (χ1v) is 4.56. The van der Waals surface area contributed by atoms with Gasteiger partial charge in [0, 0.05) is 0 Å². The molecular weight excluding hydrogens is 162 g/mol. The van der Waals surface area contributed by atoms with Gasteiger partial charge in [0.2, 0.25) is 0 Å². The third kappa shape index (κ3) is 2.58. The smallest absolute Gasteiger partial charge is 0.0867 e. The highest BCUT2D eigenvalue weighted by Crippen LogP contribution is 2.08. The van der Waals surface area contributed by atoms with Crippen molar-refractivity contribution in [2.75, 3.05) is 0 Å². The molecule has 1 aromatic carbocycles. The van der Waals surface area contributed by atoms with Crippen LogP contribution >= 0.6 is 0 Å². The summed E-state index contributed by atoms with van der Waals surface area (Å²) < 4.78 is 0. The molecule has 2 heteroatoms. The van der Waals surface area contributed by atoms with Crippen LogP contribution in [0.4, 0.5) is 0 Å². The molecule has 0 radical (unpaired) electrons. The van der Waals surface area contributed by atoms with Crippen molar-refractivity contribution in [3.8, 4) is 0 Å². The second-order valence-corrected chi connectivity index (χ2v) is 3.16. The summed E-state index contributed by atoms with van der Waals surface area (Å²) in [7, 11) is 0. The molecule has 1 rings (SSSR count). The van der Waals surface area contributed by atoms with Gasteiger partial charge in [-0.3, -0.25) is 0 Å². The minimum atomic E-state index is 0.766. The molecule has 0 amide bonds. The van der Waals surface area contributed by atoms with Gasteiger partial charge in [-0.25, -0.2) is 0 Å². The van der Waals surface area contributed by atoms with Crippen LogP contribution in [0.25, 0.3) is 0 Å². The normalized spacial score (nSPS) is 11.7. The number of aryl methyl sites for hydroxylation is 1. The van der Waals surface area contributed by atoms with Gasteiger partial charge in [0.05, 0.1) is 5.71 Å². The molecular formula is C11H15NO. The summed E-state index contributed by atoms with van der Waals surface area (Å²) in [4.78, 5) is 0. The molecule has 0 aliphatic rings. The molecule has 13 heavy (non-hydrogen) atoms. The summed E-state index contributed by atoms with van der Waals surface area (Å²) in [5.74, 6) is 0. The van der Waals surface area contributed by atoms with E-state index in [0.717, 1.165) is 24.1 Å². The average molecular weight is 177 g/mol. The second-order valence-electron chi connectivity index (χ2n) is 3.16. The quantitative estimate of drug-likeness (QED) is 0.429. The van der Waals surface area contributed by atoms with E-state index >= 15 is 0 Å². The zero-order chi connectivity index (χ0) is 9.68. The van der Waals surface area contributed by atoms with E-state index in [9.17, 15) is 0 Å². The Morgan fingerprint density at radius 1 is 1.31 bits per heavy atom. The molecule has 0 aromatic heterocycles. The van der Waals surface area contributed by atoms with Crippen molar-refractivity contribution < 1.29 is 5.21 Å². The van der Waals surface area contributed by atoms with Crippen molar-refractivity contribution in [2.24, 2.45) is 5.16 Å². The highest BCUT2D eigenvalue weighted by atomic mass is 16.4. The maximum absolute atomic E-state index is 8.77. The molecule has 2 nitrogen and oxygen atoms in total. The fraction of sp³-hybridized carbons (Fsp3) is 0.364. The average Bonchev–Trinajstić information content (AvgIpc) is 2.16. The molecule has 0 bridgehead atoms. The van der Waals surface area contributed by atoms with E-state index in [1.807, 2.05) is 31.2 Å². The number of hydrogen-bond acceptors (Lipinski definition) is 2. The topological polar surface area (TPSA) is 32.6 Å². The van der Waals surface area contributed by atoms with Crippen molar-refractivity contribution in [3.63, 3.8) is 0 Å². The first-order valence-electron chi connectivity index (χ1n) is 4.56. The first-order chi connectivity index (χ1) is 6.27. The van der Waals surface area contributed by atoms with Crippen LogP contribution in [0, 0.1) is 6.92 Å². The molecule has 0 unspecified atom stereocenters. The summed E-state index contributed by atoms with van der Waals surface area (Å²) in [6.07, 6.45) is 1.81. The summed E-state index contributed by atoms with van der Waals surface area (Å²) in [5, 5.41) is 12.1. The van der Waals surface area contributed by atoms with Gasteiger partial charge in [-0.15, -0.1) is 0 Å². The Balaban J connectivity index is 2.87. The zero-order valence-electron chi connectivity index (χ0n) is 8.12. The van der Waals surface area contributed by atoms with Crippen LogP contribution in [-0.4, -0.2) is 10.9 Å². The predicted octanol–water partition coefficient (Wildman–Crippen LogP) is 2.97. The fourth-order valence-corrected chi connectivity index (χ4v) is 1.23. The second kappa shape index (κ2) is 4.65. The van der Waals surface area contributed by atoms with Gasteiger partial charge in [-0.2, -0.15) is 0 Å². The zero-order valence-corrected chi connectivity index (χ0v) is 8.12. The highest BCUT2D eigenvalue weighted by Gasteiger charge is 2.01. The monoisotopic (exact) mass is 177 g/mol. The van der Waals surface area contributed by atoms with E-state index in [0.29, 0.717) is 0 Å². The first kappa shape index (κ1) is 9.78. The Bertz CT molecular complexity index is 287. The molecule has 70 valence electrons. The lowest BCUT2D eigenvalue weighted by Gasteiger charge is -2.02. The van der Waals surface area contributed by atoms with E-state index in [1.165, 1.54) is 5.56 Å².